The van der Waals surface area contributed by atoms with Gasteiger partial charge in [-0.05, 0) is 12.3 Å². The van der Waals surface area contributed by atoms with E-state index in [2.05, 4.69) is 33.0 Å². The summed E-state index contributed by atoms with van der Waals surface area (Å²) in [6, 6.07) is 0.471. The molecule has 0 saturated heterocycles. The van der Waals surface area contributed by atoms with Crippen LogP contribution in [0.2, 0.25) is 0 Å². The first kappa shape index (κ1) is 14.6. The van der Waals surface area contributed by atoms with Crippen LogP contribution in [-0.2, 0) is 4.79 Å². The Morgan fingerprint density at radius 1 is 1.13 bits per heavy atom. The highest BCUT2D eigenvalue weighted by molar-refractivity contribution is 5.83. The number of nitrogens with one attached hydrogen (secondary N) is 1. The average molecular weight is 213 g/mol. The first-order chi connectivity index (χ1) is 6.97. The van der Waals surface area contributed by atoms with Gasteiger partial charge in [-0.2, -0.15) is 0 Å². The second-order valence-electron chi connectivity index (χ2n) is 5.02. The minimum Gasteiger partial charge on any atom is -0.305 e. The maximum atomic E-state index is 11.7. The summed E-state index contributed by atoms with van der Waals surface area (Å²) in [5.41, 5.74) is 0. The Labute approximate surface area is 94.8 Å². The van der Waals surface area contributed by atoms with Gasteiger partial charge < -0.3 is 5.32 Å². The lowest BCUT2D eigenvalue weighted by molar-refractivity contribution is -0.121. The average Bonchev–Trinajstić information content (AvgIpc) is 2.14. The molecule has 0 bridgehead atoms. The molecule has 0 heterocycles. The van der Waals surface area contributed by atoms with Crippen LogP contribution in [0.5, 0.6) is 0 Å². The lowest BCUT2D eigenvalue weighted by Crippen LogP contribution is -2.40. The van der Waals surface area contributed by atoms with Crippen molar-refractivity contribution in [3.05, 3.63) is 0 Å². The third-order valence-corrected chi connectivity index (χ3v) is 2.55. The predicted molar refractivity (Wildman–Crippen MR) is 66.0 cm³/mol. The van der Waals surface area contributed by atoms with Crippen molar-refractivity contribution in [3.63, 3.8) is 0 Å². The number of hydrogen-bond acceptors (Lipinski definition) is 2. The van der Waals surface area contributed by atoms with E-state index >= 15 is 0 Å². The zero-order valence-electron chi connectivity index (χ0n) is 11.0. The zero-order valence-corrected chi connectivity index (χ0v) is 11.0. The van der Waals surface area contributed by atoms with Crippen molar-refractivity contribution in [1.29, 1.82) is 0 Å². The van der Waals surface area contributed by atoms with Crippen molar-refractivity contribution in [1.82, 2.24) is 5.32 Å². The third-order valence-electron chi connectivity index (χ3n) is 2.55. The summed E-state index contributed by atoms with van der Waals surface area (Å²) in [5.74, 6) is 1.09. The fourth-order valence-electron chi connectivity index (χ4n) is 1.72. The van der Waals surface area contributed by atoms with E-state index in [1.165, 1.54) is 6.42 Å². The molecule has 1 N–H and O–H groups in total. The van der Waals surface area contributed by atoms with Crippen LogP contribution in [0, 0.1) is 5.92 Å². The summed E-state index contributed by atoms with van der Waals surface area (Å²) in [6.07, 6.45) is 4.00. The Bertz CT molecular complexity index is 175. The van der Waals surface area contributed by atoms with E-state index in [1.807, 2.05) is 6.92 Å². The van der Waals surface area contributed by atoms with E-state index in [-0.39, 0.29) is 6.04 Å². The zero-order chi connectivity index (χ0) is 11.8. The first-order valence-electron chi connectivity index (χ1n) is 6.26. The molecule has 0 fully saturated rings. The Morgan fingerprint density at radius 3 is 2.13 bits per heavy atom. The molecule has 2 nitrogen and oxygen atoms in total. The molecular weight excluding hydrogens is 186 g/mol. The Balaban J connectivity index is 3.96. The topological polar surface area (TPSA) is 29.1 Å². The van der Waals surface area contributed by atoms with Gasteiger partial charge in [0.05, 0.1) is 6.04 Å². The summed E-state index contributed by atoms with van der Waals surface area (Å²) in [4.78, 5) is 11.7. The second kappa shape index (κ2) is 7.86. The number of ketones is 1. The van der Waals surface area contributed by atoms with Crippen LogP contribution in [0.4, 0.5) is 0 Å². The van der Waals surface area contributed by atoms with Gasteiger partial charge in [0.1, 0.15) is 5.78 Å². The van der Waals surface area contributed by atoms with E-state index in [1.54, 1.807) is 0 Å². The number of Topliss-reactive ketones (excluding diaryl/α,β-unsaturated/α-hetero) is 1. The van der Waals surface area contributed by atoms with Crippen LogP contribution in [0.25, 0.3) is 0 Å². The van der Waals surface area contributed by atoms with Crippen molar-refractivity contribution in [2.24, 2.45) is 5.92 Å². The van der Waals surface area contributed by atoms with Gasteiger partial charge in [-0.3, -0.25) is 4.79 Å². The Kier molecular flexibility index (Phi) is 7.67. The molecule has 0 unspecified atom stereocenters. The second-order valence-corrected chi connectivity index (χ2v) is 5.02. The highest BCUT2D eigenvalue weighted by Crippen LogP contribution is 2.10. The highest BCUT2D eigenvalue weighted by Gasteiger charge is 2.16. The molecule has 0 rings (SSSR count). The molecule has 2 heteroatoms. The van der Waals surface area contributed by atoms with Crippen molar-refractivity contribution in [3.8, 4) is 0 Å². The van der Waals surface area contributed by atoms with E-state index in [9.17, 15) is 4.79 Å². The maximum Gasteiger partial charge on any atom is 0.149 e. The molecule has 90 valence electrons. The quantitative estimate of drug-likeness (QED) is 0.671. The van der Waals surface area contributed by atoms with E-state index in [4.69, 9.17) is 0 Å². The van der Waals surface area contributed by atoms with Gasteiger partial charge in [-0.1, -0.05) is 47.5 Å². The lowest BCUT2D eigenvalue weighted by atomic mass is 9.99. The SMILES string of the molecule is CCC(=O)[C@H](CCCC(C)C)NC(C)C. The van der Waals surface area contributed by atoms with Gasteiger partial charge in [-0.25, -0.2) is 0 Å². The lowest BCUT2D eigenvalue weighted by Gasteiger charge is -2.20. The van der Waals surface area contributed by atoms with Gasteiger partial charge in [0.25, 0.3) is 0 Å². The summed E-state index contributed by atoms with van der Waals surface area (Å²) >= 11 is 0. The van der Waals surface area contributed by atoms with Crippen LogP contribution in [-0.4, -0.2) is 17.9 Å². The molecular formula is C13H27NO. The summed E-state index contributed by atoms with van der Waals surface area (Å²) in [6.45, 7) is 10.6. The molecule has 0 aromatic heterocycles. The number of carbonyl (C=O) groups is 1. The van der Waals surface area contributed by atoms with Crippen LogP contribution in [0.15, 0.2) is 0 Å². The first-order valence-corrected chi connectivity index (χ1v) is 6.26. The molecule has 0 aromatic rings. The molecule has 0 saturated carbocycles. The van der Waals surface area contributed by atoms with Gasteiger partial charge in [0.15, 0.2) is 0 Å². The standard InChI is InChI=1S/C13H27NO/c1-6-13(15)12(14-11(4)5)9-7-8-10(2)3/h10-12,14H,6-9H2,1-5H3/t12-/m0/s1. The fraction of sp³-hybridized carbons (Fsp3) is 0.923. The Morgan fingerprint density at radius 2 is 1.73 bits per heavy atom. The van der Waals surface area contributed by atoms with Gasteiger partial charge in [0.2, 0.25) is 0 Å². The largest absolute Gasteiger partial charge is 0.305 e. The normalized spacial score (nSPS) is 13.5. The molecule has 0 aliphatic heterocycles. The number of hydrogen-bond donors (Lipinski definition) is 1. The molecule has 0 amide bonds. The van der Waals surface area contributed by atoms with Crippen molar-refractivity contribution >= 4 is 5.78 Å². The van der Waals surface area contributed by atoms with Crippen molar-refractivity contribution in [2.45, 2.75) is 72.4 Å². The molecule has 1 atom stereocenters. The van der Waals surface area contributed by atoms with Gasteiger partial charge in [-0.15, -0.1) is 0 Å². The predicted octanol–water partition coefficient (Wildman–Crippen LogP) is 3.16. The molecule has 15 heavy (non-hydrogen) atoms. The van der Waals surface area contributed by atoms with Crippen molar-refractivity contribution < 1.29 is 4.79 Å². The summed E-state index contributed by atoms with van der Waals surface area (Å²) in [7, 11) is 0. The highest BCUT2D eigenvalue weighted by atomic mass is 16.1. The molecule has 0 radical (unpaired) electrons. The maximum absolute atomic E-state index is 11.7. The minimum absolute atomic E-state index is 0.0775. The van der Waals surface area contributed by atoms with Crippen molar-refractivity contribution in [2.75, 3.05) is 0 Å². The summed E-state index contributed by atoms with van der Waals surface area (Å²) < 4.78 is 0. The van der Waals surface area contributed by atoms with Crippen LogP contribution in [0.1, 0.15) is 60.3 Å². The van der Waals surface area contributed by atoms with E-state index in [0.29, 0.717) is 18.2 Å². The third kappa shape index (κ3) is 7.55. The monoisotopic (exact) mass is 213 g/mol. The van der Waals surface area contributed by atoms with Crippen LogP contribution < -0.4 is 5.32 Å². The molecule has 0 aliphatic rings. The smallest absolute Gasteiger partial charge is 0.149 e. The number of rotatable bonds is 8. The minimum atomic E-state index is 0.0775. The number of carbonyl (C=O) groups excluding carboxylic acids is 1. The van der Waals surface area contributed by atoms with E-state index in [0.717, 1.165) is 18.8 Å². The Hall–Kier alpha value is -0.370. The molecule has 0 aliphatic carbocycles. The van der Waals surface area contributed by atoms with Gasteiger partial charge >= 0.3 is 0 Å². The van der Waals surface area contributed by atoms with Gasteiger partial charge in [0, 0.05) is 12.5 Å². The van der Waals surface area contributed by atoms with E-state index < -0.39 is 0 Å². The molecule has 0 aromatic carbocycles. The van der Waals surface area contributed by atoms with Crippen LogP contribution >= 0.6 is 0 Å². The molecule has 0 spiro atoms. The van der Waals surface area contributed by atoms with Crippen LogP contribution in [0.3, 0.4) is 0 Å². The summed E-state index contributed by atoms with van der Waals surface area (Å²) in [5, 5.41) is 3.35. The fourth-order valence-corrected chi connectivity index (χ4v) is 1.72.